The van der Waals surface area contributed by atoms with Gasteiger partial charge in [0.1, 0.15) is 0 Å². The molecule has 4 fully saturated rings. The van der Waals surface area contributed by atoms with Crippen LogP contribution in [0.3, 0.4) is 0 Å². The number of carbonyl (C=O) groups is 1. The molecule has 0 unspecified atom stereocenters. The third kappa shape index (κ3) is 2.29. The topological polar surface area (TPSA) is 59.9 Å². The standard InChI is InChI=1S/C19H22N2O3/c22-18(19-7-13-3-14(8-19)5-15(4-13)9-19)21-20-10-12-1-2-16-17(6-12)24-11-23-16/h1-2,6,10,13-15H,3-5,7-9,11H2,(H,21,22). The monoisotopic (exact) mass is 326 g/mol. The summed E-state index contributed by atoms with van der Waals surface area (Å²) in [7, 11) is 0. The molecule has 4 aliphatic carbocycles. The van der Waals surface area contributed by atoms with Crippen molar-refractivity contribution in [3.8, 4) is 11.5 Å². The quantitative estimate of drug-likeness (QED) is 0.686. The van der Waals surface area contributed by atoms with E-state index >= 15 is 0 Å². The van der Waals surface area contributed by atoms with Gasteiger partial charge in [0, 0.05) is 0 Å². The molecule has 1 aliphatic heterocycles. The molecule has 5 aliphatic rings. The Balaban J connectivity index is 1.27. The Morgan fingerprint density at radius 1 is 1.08 bits per heavy atom. The molecule has 4 bridgehead atoms. The van der Waals surface area contributed by atoms with Gasteiger partial charge in [-0.2, -0.15) is 5.10 Å². The molecule has 24 heavy (non-hydrogen) atoms. The summed E-state index contributed by atoms with van der Waals surface area (Å²) in [5, 5.41) is 4.20. The third-order valence-corrected chi connectivity index (χ3v) is 6.30. The number of hydrazone groups is 1. The van der Waals surface area contributed by atoms with Crippen LogP contribution in [0.25, 0.3) is 0 Å². The van der Waals surface area contributed by atoms with E-state index in [1.807, 2.05) is 18.2 Å². The van der Waals surface area contributed by atoms with Gasteiger partial charge in [-0.05, 0) is 80.0 Å². The van der Waals surface area contributed by atoms with Crippen molar-refractivity contribution in [1.29, 1.82) is 0 Å². The number of benzene rings is 1. The molecule has 126 valence electrons. The highest BCUT2D eigenvalue weighted by Crippen LogP contribution is 2.60. The van der Waals surface area contributed by atoms with Crippen LogP contribution in [0.15, 0.2) is 23.3 Å². The summed E-state index contributed by atoms with van der Waals surface area (Å²) < 4.78 is 10.7. The molecule has 4 saturated carbocycles. The molecule has 1 aromatic carbocycles. The lowest BCUT2D eigenvalue weighted by Gasteiger charge is -2.55. The van der Waals surface area contributed by atoms with Crippen LogP contribution in [0.2, 0.25) is 0 Å². The van der Waals surface area contributed by atoms with E-state index in [4.69, 9.17) is 9.47 Å². The molecule has 0 atom stereocenters. The number of fused-ring (bicyclic) bond motifs is 1. The zero-order chi connectivity index (χ0) is 16.1. The van der Waals surface area contributed by atoms with Crippen LogP contribution < -0.4 is 14.9 Å². The Morgan fingerprint density at radius 2 is 1.75 bits per heavy atom. The first-order valence-corrected chi connectivity index (χ1v) is 8.93. The van der Waals surface area contributed by atoms with Gasteiger partial charge in [-0.15, -0.1) is 0 Å². The first-order valence-electron chi connectivity index (χ1n) is 8.93. The molecule has 0 saturated heterocycles. The van der Waals surface area contributed by atoms with Crippen molar-refractivity contribution in [2.45, 2.75) is 38.5 Å². The summed E-state index contributed by atoms with van der Waals surface area (Å²) in [5.41, 5.74) is 3.56. The van der Waals surface area contributed by atoms with Gasteiger partial charge >= 0.3 is 0 Å². The van der Waals surface area contributed by atoms with Crippen LogP contribution in [0.5, 0.6) is 11.5 Å². The van der Waals surface area contributed by atoms with Crippen molar-refractivity contribution < 1.29 is 14.3 Å². The van der Waals surface area contributed by atoms with E-state index in [1.54, 1.807) is 6.21 Å². The van der Waals surface area contributed by atoms with E-state index in [0.717, 1.165) is 54.1 Å². The fraction of sp³-hybridized carbons (Fsp3) is 0.579. The number of hydrogen-bond acceptors (Lipinski definition) is 4. The highest BCUT2D eigenvalue weighted by Gasteiger charge is 2.54. The normalized spacial score (nSPS) is 35.6. The van der Waals surface area contributed by atoms with Crippen molar-refractivity contribution in [1.82, 2.24) is 5.43 Å². The SMILES string of the molecule is O=C(NN=Cc1ccc2c(c1)OCO2)C12CC3CC(CC(C3)C1)C2. The smallest absolute Gasteiger partial charge is 0.246 e. The van der Waals surface area contributed by atoms with Crippen molar-refractivity contribution in [3.05, 3.63) is 23.8 Å². The van der Waals surface area contributed by atoms with Crippen LogP contribution >= 0.6 is 0 Å². The number of amides is 1. The molecule has 0 aromatic heterocycles. The first-order chi connectivity index (χ1) is 11.7. The van der Waals surface area contributed by atoms with Gasteiger partial charge in [0.05, 0.1) is 11.6 Å². The Morgan fingerprint density at radius 3 is 2.46 bits per heavy atom. The van der Waals surface area contributed by atoms with Crippen LogP contribution in [-0.4, -0.2) is 18.9 Å². The number of carbonyl (C=O) groups excluding carboxylic acids is 1. The Kier molecular flexibility index (Phi) is 3.12. The largest absolute Gasteiger partial charge is 0.454 e. The number of ether oxygens (including phenoxy) is 2. The van der Waals surface area contributed by atoms with Gasteiger partial charge < -0.3 is 9.47 Å². The van der Waals surface area contributed by atoms with Gasteiger partial charge in [-0.1, -0.05) is 0 Å². The summed E-state index contributed by atoms with van der Waals surface area (Å²) in [5.74, 6) is 3.90. The van der Waals surface area contributed by atoms with Gasteiger partial charge in [-0.3, -0.25) is 4.79 Å². The average Bonchev–Trinajstić information content (AvgIpc) is 3.01. The second-order valence-electron chi connectivity index (χ2n) is 8.01. The lowest BCUT2D eigenvalue weighted by atomic mass is 9.49. The number of rotatable bonds is 3. The lowest BCUT2D eigenvalue weighted by Crippen LogP contribution is -2.52. The molecule has 1 N–H and O–H groups in total. The van der Waals surface area contributed by atoms with Crippen molar-refractivity contribution in [3.63, 3.8) is 0 Å². The summed E-state index contributed by atoms with van der Waals surface area (Å²) in [6, 6.07) is 5.65. The highest BCUT2D eigenvalue weighted by atomic mass is 16.7. The van der Waals surface area contributed by atoms with E-state index in [-0.39, 0.29) is 18.1 Å². The molecule has 1 aromatic rings. The van der Waals surface area contributed by atoms with Crippen LogP contribution in [0, 0.1) is 23.2 Å². The molecule has 1 amide bonds. The Hall–Kier alpha value is -2.04. The molecule has 5 nitrogen and oxygen atoms in total. The number of nitrogens with zero attached hydrogens (tertiary/aromatic N) is 1. The van der Waals surface area contributed by atoms with Gasteiger partial charge in [0.25, 0.3) is 0 Å². The zero-order valence-electron chi connectivity index (χ0n) is 13.7. The van der Waals surface area contributed by atoms with Crippen LogP contribution in [-0.2, 0) is 4.79 Å². The predicted molar refractivity (Wildman–Crippen MR) is 88.9 cm³/mol. The summed E-state index contributed by atoms with van der Waals surface area (Å²) in [4.78, 5) is 12.8. The maximum absolute atomic E-state index is 12.8. The summed E-state index contributed by atoms with van der Waals surface area (Å²) in [6.45, 7) is 0.263. The molecule has 1 heterocycles. The van der Waals surface area contributed by atoms with Gasteiger partial charge in [0.2, 0.25) is 12.7 Å². The average molecular weight is 326 g/mol. The molecule has 0 spiro atoms. The second kappa shape index (κ2) is 5.23. The summed E-state index contributed by atoms with van der Waals surface area (Å²) >= 11 is 0. The molecule has 0 radical (unpaired) electrons. The minimum Gasteiger partial charge on any atom is -0.454 e. The zero-order valence-corrected chi connectivity index (χ0v) is 13.7. The fourth-order valence-electron chi connectivity index (χ4n) is 5.67. The minimum absolute atomic E-state index is 0.124. The number of nitrogens with one attached hydrogen (secondary N) is 1. The minimum atomic E-state index is -0.152. The molecular formula is C19H22N2O3. The first kappa shape index (κ1) is 14.3. The van der Waals surface area contributed by atoms with E-state index in [9.17, 15) is 4.79 Å². The predicted octanol–water partition coefficient (Wildman–Crippen LogP) is 3.08. The Bertz CT molecular complexity index is 677. The third-order valence-electron chi connectivity index (χ3n) is 6.30. The molecular weight excluding hydrogens is 304 g/mol. The molecule has 5 heteroatoms. The maximum Gasteiger partial charge on any atom is 0.246 e. The van der Waals surface area contributed by atoms with Crippen molar-refractivity contribution in [2.24, 2.45) is 28.3 Å². The van der Waals surface area contributed by atoms with E-state index in [1.165, 1.54) is 19.3 Å². The van der Waals surface area contributed by atoms with Crippen molar-refractivity contribution >= 4 is 12.1 Å². The van der Waals surface area contributed by atoms with Crippen LogP contribution in [0.1, 0.15) is 44.1 Å². The number of hydrogen-bond donors (Lipinski definition) is 1. The van der Waals surface area contributed by atoms with E-state index < -0.39 is 0 Å². The van der Waals surface area contributed by atoms with Gasteiger partial charge in [-0.25, -0.2) is 5.43 Å². The van der Waals surface area contributed by atoms with E-state index in [0.29, 0.717) is 0 Å². The summed E-state index contributed by atoms with van der Waals surface area (Å²) in [6.07, 6.45) is 8.88. The molecule has 6 rings (SSSR count). The fourth-order valence-corrected chi connectivity index (χ4v) is 5.67. The second-order valence-corrected chi connectivity index (χ2v) is 8.01. The van der Waals surface area contributed by atoms with E-state index in [2.05, 4.69) is 10.5 Å². The van der Waals surface area contributed by atoms with Crippen LogP contribution in [0.4, 0.5) is 0 Å². The van der Waals surface area contributed by atoms with Crippen molar-refractivity contribution in [2.75, 3.05) is 6.79 Å². The van der Waals surface area contributed by atoms with Gasteiger partial charge in [0.15, 0.2) is 11.5 Å². The Labute approximate surface area is 141 Å². The maximum atomic E-state index is 12.8. The lowest BCUT2D eigenvalue weighted by molar-refractivity contribution is -0.146. The highest BCUT2D eigenvalue weighted by molar-refractivity contribution is 5.86.